The van der Waals surface area contributed by atoms with Crippen LogP contribution in [-0.2, 0) is 4.74 Å². The van der Waals surface area contributed by atoms with Crippen LogP contribution in [0.15, 0.2) is 23.8 Å². The Labute approximate surface area is 126 Å². The molecule has 0 aliphatic heterocycles. The molecule has 1 aromatic carbocycles. The Morgan fingerprint density at radius 1 is 1.48 bits per heavy atom. The quantitative estimate of drug-likeness (QED) is 0.454. The molecule has 0 heterocycles. The summed E-state index contributed by atoms with van der Waals surface area (Å²) in [7, 11) is 1.67. The zero-order valence-corrected chi connectivity index (χ0v) is 13.2. The van der Waals surface area contributed by atoms with Crippen LogP contribution in [0.2, 0.25) is 0 Å². The fourth-order valence-electron chi connectivity index (χ4n) is 1.96. The van der Waals surface area contributed by atoms with Crippen LogP contribution in [0, 0.1) is 23.0 Å². The van der Waals surface area contributed by atoms with E-state index in [2.05, 4.69) is 19.2 Å². The van der Waals surface area contributed by atoms with Crippen molar-refractivity contribution in [2.24, 2.45) is 5.92 Å². The van der Waals surface area contributed by atoms with Crippen LogP contribution in [0.1, 0.15) is 25.0 Å². The third-order valence-electron chi connectivity index (χ3n) is 3.34. The standard InChI is InChI=1S/C16H24N2O3/c1-12(2)15(11-17-7-8-21-4)9-14-6-5-13(3)16(10-14)18(19)20/h5-6,9-10,12,17H,7-8,11H2,1-4H3. The van der Waals surface area contributed by atoms with Crippen LogP contribution in [0.25, 0.3) is 6.08 Å². The average Bonchev–Trinajstić information content (AvgIpc) is 2.43. The maximum Gasteiger partial charge on any atom is 0.272 e. The first-order valence-electron chi connectivity index (χ1n) is 7.11. The minimum atomic E-state index is -0.335. The van der Waals surface area contributed by atoms with E-state index >= 15 is 0 Å². The maximum atomic E-state index is 11.0. The number of nitrogens with one attached hydrogen (secondary N) is 1. The summed E-state index contributed by atoms with van der Waals surface area (Å²) in [5.74, 6) is 0.375. The van der Waals surface area contributed by atoms with Gasteiger partial charge in [0.15, 0.2) is 0 Å². The second kappa shape index (κ2) is 8.54. The van der Waals surface area contributed by atoms with E-state index in [9.17, 15) is 10.1 Å². The molecule has 5 heteroatoms. The predicted octanol–water partition coefficient (Wildman–Crippen LogP) is 3.18. The maximum absolute atomic E-state index is 11.0. The largest absolute Gasteiger partial charge is 0.383 e. The molecule has 0 saturated carbocycles. The summed E-state index contributed by atoms with van der Waals surface area (Å²) in [6.45, 7) is 8.19. The number of methoxy groups -OCH3 is 1. The number of ether oxygens (including phenoxy) is 1. The van der Waals surface area contributed by atoms with Crippen molar-refractivity contribution in [3.05, 3.63) is 45.0 Å². The molecule has 1 rings (SSSR count). The average molecular weight is 292 g/mol. The summed E-state index contributed by atoms with van der Waals surface area (Å²) in [6, 6.07) is 5.34. The zero-order chi connectivity index (χ0) is 15.8. The number of benzene rings is 1. The number of rotatable bonds is 8. The highest BCUT2D eigenvalue weighted by molar-refractivity contribution is 5.58. The fraction of sp³-hybridized carbons (Fsp3) is 0.500. The first kappa shape index (κ1) is 17.3. The van der Waals surface area contributed by atoms with Crippen LogP contribution >= 0.6 is 0 Å². The van der Waals surface area contributed by atoms with Gasteiger partial charge < -0.3 is 10.1 Å². The van der Waals surface area contributed by atoms with Crippen LogP contribution < -0.4 is 5.32 Å². The van der Waals surface area contributed by atoms with Gasteiger partial charge in [0.25, 0.3) is 5.69 Å². The zero-order valence-electron chi connectivity index (χ0n) is 13.2. The lowest BCUT2D eigenvalue weighted by atomic mass is 9.99. The lowest BCUT2D eigenvalue weighted by molar-refractivity contribution is -0.385. The number of hydrogen-bond donors (Lipinski definition) is 1. The summed E-state index contributed by atoms with van der Waals surface area (Å²) in [6.07, 6.45) is 2.02. The van der Waals surface area contributed by atoms with E-state index in [0.717, 1.165) is 18.7 Å². The molecular formula is C16H24N2O3. The molecule has 0 atom stereocenters. The second-order valence-corrected chi connectivity index (χ2v) is 5.35. The van der Waals surface area contributed by atoms with Crippen molar-refractivity contribution < 1.29 is 9.66 Å². The van der Waals surface area contributed by atoms with E-state index in [1.807, 2.05) is 12.1 Å². The van der Waals surface area contributed by atoms with E-state index < -0.39 is 0 Å². The van der Waals surface area contributed by atoms with Crippen LogP contribution in [0.4, 0.5) is 5.69 Å². The Morgan fingerprint density at radius 3 is 2.76 bits per heavy atom. The van der Waals surface area contributed by atoms with Crippen molar-refractivity contribution in [1.82, 2.24) is 5.32 Å². The van der Waals surface area contributed by atoms with Gasteiger partial charge in [0.1, 0.15) is 0 Å². The minimum Gasteiger partial charge on any atom is -0.383 e. The topological polar surface area (TPSA) is 64.4 Å². The highest BCUT2D eigenvalue weighted by Crippen LogP contribution is 2.22. The van der Waals surface area contributed by atoms with Gasteiger partial charge >= 0.3 is 0 Å². The summed E-state index contributed by atoms with van der Waals surface area (Å²) in [5, 5.41) is 14.3. The van der Waals surface area contributed by atoms with E-state index in [1.165, 1.54) is 5.57 Å². The lowest BCUT2D eigenvalue weighted by Crippen LogP contribution is -2.23. The molecule has 1 aromatic rings. The molecular weight excluding hydrogens is 268 g/mol. The number of nitrogens with zero attached hydrogens (tertiary/aromatic N) is 1. The molecule has 21 heavy (non-hydrogen) atoms. The molecule has 116 valence electrons. The minimum absolute atomic E-state index is 0.166. The molecule has 0 bridgehead atoms. The molecule has 0 amide bonds. The van der Waals surface area contributed by atoms with E-state index in [1.54, 1.807) is 26.2 Å². The van der Waals surface area contributed by atoms with Crippen molar-refractivity contribution in [2.75, 3.05) is 26.8 Å². The van der Waals surface area contributed by atoms with Gasteiger partial charge in [-0.25, -0.2) is 0 Å². The Morgan fingerprint density at radius 2 is 2.19 bits per heavy atom. The van der Waals surface area contributed by atoms with Gasteiger partial charge in [-0.3, -0.25) is 10.1 Å². The van der Waals surface area contributed by atoms with Crippen molar-refractivity contribution in [1.29, 1.82) is 0 Å². The Hall–Kier alpha value is -1.72. The second-order valence-electron chi connectivity index (χ2n) is 5.35. The molecule has 0 unspecified atom stereocenters. The number of hydrogen-bond acceptors (Lipinski definition) is 4. The van der Waals surface area contributed by atoms with Gasteiger partial charge in [-0.15, -0.1) is 0 Å². The molecule has 0 spiro atoms. The van der Waals surface area contributed by atoms with Gasteiger partial charge in [-0.05, 0) is 18.4 Å². The number of nitro benzene ring substituents is 1. The lowest BCUT2D eigenvalue weighted by Gasteiger charge is -2.13. The molecule has 0 saturated heterocycles. The van der Waals surface area contributed by atoms with E-state index in [0.29, 0.717) is 18.1 Å². The summed E-state index contributed by atoms with van der Waals surface area (Å²) >= 11 is 0. The Balaban J connectivity index is 2.89. The van der Waals surface area contributed by atoms with Gasteiger partial charge in [0.2, 0.25) is 0 Å². The van der Waals surface area contributed by atoms with Crippen LogP contribution in [-0.4, -0.2) is 31.7 Å². The van der Waals surface area contributed by atoms with Crippen LogP contribution in [0.3, 0.4) is 0 Å². The SMILES string of the molecule is COCCNCC(=Cc1ccc(C)c([N+](=O)[O-])c1)C(C)C. The van der Waals surface area contributed by atoms with E-state index in [-0.39, 0.29) is 10.6 Å². The highest BCUT2D eigenvalue weighted by atomic mass is 16.6. The monoisotopic (exact) mass is 292 g/mol. The van der Waals surface area contributed by atoms with Gasteiger partial charge in [-0.2, -0.15) is 0 Å². The highest BCUT2D eigenvalue weighted by Gasteiger charge is 2.11. The summed E-state index contributed by atoms with van der Waals surface area (Å²) in [4.78, 5) is 10.7. The van der Waals surface area contributed by atoms with Gasteiger partial charge in [0.05, 0.1) is 11.5 Å². The first-order chi connectivity index (χ1) is 9.95. The number of aryl methyl sites for hydroxylation is 1. The Kier molecular flexibility index (Phi) is 7.05. The molecule has 0 aliphatic rings. The fourth-order valence-corrected chi connectivity index (χ4v) is 1.96. The Bertz CT molecular complexity index is 510. The third-order valence-corrected chi connectivity index (χ3v) is 3.34. The van der Waals surface area contributed by atoms with Crippen molar-refractivity contribution in [3.63, 3.8) is 0 Å². The smallest absolute Gasteiger partial charge is 0.272 e. The summed E-state index contributed by atoms with van der Waals surface area (Å²) in [5.41, 5.74) is 2.93. The van der Waals surface area contributed by atoms with Crippen LogP contribution in [0.5, 0.6) is 0 Å². The molecule has 0 aliphatic carbocycles. The molecule has 0 fully saturated rings. The van der Waals surface area contributed by atoms with E-state index in [4.69, 9.17) is 4.74 Å². The predicted molar refractivity (Wildman–Crippen MR) is 85.4 cm³/mol. The normalized spacial score (nSPS) is 12.0. The van der Waals surface area contributed by atoms with Crippen molar-refractivity contribution in [2.45, 2.75) is 20.8 Å². The molecule has 5 nitrogen and oxygen atoms in total. The van der Waals surface area contributed by atoms with Gasteiger partial charge in [0, 0.05) is 31.8 Å². The first-order valence-corrected chi connectivity index (χ1v) is 7.11. The molecule has 0 radical (unpaired) electrons. The van der Waals surface area contributed by atoms with Gasteiger partial charge in [-0.1, -0.05) is 37.6 Å². The summed E-state index contributed by atoms with van der Waals surface area (Å²) < 4.78 is 5.00. The third kappa shape index (κ3) is 5.65. The van der Waals surface area contributed by atoms with Crippen molar-refractivity contribution in [3.8, 4) is 0 Å². The number of nitro groups is 1. The molecule has 0 aromatic heterocycles. The molecule has 1 N–H and O–H groups in total. The van der Waals surface area contributed by atoms with Crippen molar-refractivity contribution >= 4 is 11.8 Å².